The van der Waals surface area contributed by atoms with Crippen molar-refractivity contribution in [3.8, 4) is 0 Å². The maximum absolute atomic E-state index is 11.9. The molecule has 0 radical (unpaired) electrons. The molecule has 0 saturated carbocycles. The monoisotopic (exact) mass is 283 g/mol. The highest BCUT2D eigenvalue weighted by atomic mass is 19.4. The van der Waals surface area contributed by atoms with Crippen LogP contribution in [0, 0.1) is 0 Å². The number of β-amino-alcohol motifs (C(OH)–C–C–N with tert-alkyl or cyclic N) is 1. The zero-order chi connectivity index (χ0) is 14.5. The van der Waals surface area contributed by atoms with Crippen LogP contribution in [0.3, 0.4) is 0 Å². The number of piperazine rings is 1. The lowest BCUT2D eigenvalue weighted by molar-refractivity contribution is -0.139. The Hall–Kier alpha value is -0.860. The number of alkyl halides is 3. The van der Waals surface area contributed by atoms with E-state index in [4.69, 9.17) is 0 Å². The Bertz CT molecular complexity index is 289. The van der Waals surface area contributed by atoms with E-state index >= 15 is 0 Å². The van der Waals surface area contributed by atoms with Crippen LogP contribution in [0.1, 0.15) is 6.92 Å². The topological polar surface area (TPSA) is 55.8 Å². The van der Waals surface area contributed by atoms with Gasteiger partial charge in [0.1, 0.15) is 6.54 Å². The van der Waals surface area contributed by atoms with Gasteiger partial charge in [-0.3, -0.25) is 14.6 Å². The van der Waals surface area contributed by atoms with Crippen molar-refractivity contribution in [2.24, 2.45) is 0 Å². The van der Waals surface area contributed by atoms with E-state index in [1.54, 1.807) is 6.92 Å². The first-order valence-corrected chi connectivity index (χ1v) is 6.22. The van der Waals surface area contributed by atoms with Crippen molar-refractivity contribution < 1.29 is 23.1 Å². The molecule has 0 aromatic rings. The summed E-state index contributed by atoms with van der Waals surface area (Å²) in [6, 6.07) is 0. The van der Waals surface area contributed by atoms with Crippen LogP contribution in [-0.4, -0.2) is 78.9 Å². The Morgan fingerprint density at radius 1 is 1.26 bits per heavy atom. The molecule has 1 amide bonds. The molecule has 1 aliphatic heterocycles. The first-order valence-electron chi connectivity index (χ1n) is 6.22. The van der Waals surface area contributed by atoms with Gasteiger partial charge in [-0.15, -0.1) is 0 Å². The molecule has 112 valence electrons. The molecular formula is C11H20F3N3O2. The predicted octanol–water partition coefficient (Wildman–Crippen LogP) is -0.337. The summed E-state index contributed by atoms with van der Waals surface area (Å²) in [5.41, 5.74) is 0. The van der Waals surface area contributed by atoms with E-state index in [1.165, 1.54) is 0 Å². The summed E-state index contributed by atoms with van der Waals surface area (Å²) in [7, 11) is 0. The van der Waals surface area contributed by atoms with Crippen LogP contribution in [0.2, 0.25) is 0 Å². The van der Waals surface area contributed by atoms with Crippen molar-refractivity contribution in [1.82, 2.24) is 15.1 Å². The minimum Gasteiger partial charge on any atom is -0.392 e. The van der Waals surface area contributed by atoms with E-state index in [1.807, 2.05) is 10.2 Å². The van der Waals surface area contributed by atoms with E-state index in [-0.39, 0.29) is 6.54 Å². The van der Waals surface area contributed by atoms with Gasteiger partial charge in [0.05, 0.1) is 12.6 Å². The average molecular weight is 283 g/mol. The second kappa shape index (κ2) is 7.06. The number of nitrogens with one attached hydrogen (secondary N) is 1. The van der Waals surface area contributed by atoms with Crippen LogP contribution in [-0.2, 0) is 4.79 Å². The molecule has 0 unspecified atom stereocenters. The van der Waals surface area contributed by atoms with Crippen molar-refractivity contribution in [2.75, 3.05) is 45.8 Å². The number of aliphatic hydroxyl groups excluding tert-OH is 1. The van der Waals surface area contributed by atoms with Crippen LogP contribution in [0.5, 0.6) is 0 Å². The number of nitrogens with zero attached hydrogens (tertiary/aromatic N) is 2. The average Bonchev–Trinajstić information content (AvgIpc) is 2.28. The van der Waals surface area contributed by atoms with Crippen LogP contribution < -0.4 is 5.32 Å². The SMILES string of the molecule is C[C@H](O)CN1CCN(CC(=O)NCC(F)(F)F)CC1. The van der Waals surface area contributed by atoms with Gasteiger partial charge in [-0.05, 0) is 6.92 Å². The largest absolute Gasteiger partial charge is 0.405 e. The van der Waals surface area contributed by atoms with E-state index in [2.05, 4.69) is 4.90 Å². The molecular weight excluding hydrogens is 263 g/mol. The fraction of sp³-hybridized carbons (Fsp3) is 0.909. The summed E-state index contributed by atoms with van der Waals surface area (Å²) >= 11 is 0. The van der Waals surface area contributed by atoms with E-state index in [0.29, 0.717) is 32.7 Å². The molecule has 5 nitrogen and oxygen atoms in total. The molecule has 1 heterocycles. The first-order chi connectivity index (χ1) is 8.76. The molecule has 0 aromatic carbocycles. The van der Waals surface area contributed by atoms with Gasteiger partial charge in [-0.25, -0.2) is 0 Å². The van der Waals surface area contributed by atoms with Gasteiger partial charge in [0.15, 0.2) is 0 Å². The van der Waals surface area contributed by atoms with Gasteiger partial charge in [0.2, 0.25) is 5.91 Å². The maximum atomic E-state index is 11.9. The zero-order valence-corrected chi connectivity index (χ0v) is 10.9. The highest BCUT2D eigenvalue weighted by Gasteiger charge is 2.28. The molecule has 1 atom stereocenters. The van der Waals surface area contributed by atoms with Crippen molar-refractivity contribution in [3.63, 3.8) is 0 Å². The number of hydrogen-bond acceptors (Lipinski definition) is 4. The Kier molecular flexibility index (Phi) is 6.02. The van der Waals surface area contributed by atoms with E-state index in [0.717, 1.165) is 0 Å². The van der Waals surface area contributed by atoms with Gasteiger partial charge in [-0.2, -0.15) is 13.2 Å². The highest BCUT2D eigenvalue weighted by Crippen LogP contribution is 2.12. The number of amides is 1. The van der Waals surface area contributed by atoms with Gasteiger partial charge < -0.3 is 10.4 Å². The molecule has 19 heavy (non-hydrogen) atoms. The number of aliphatic hydroxyl groups is 1. The number of hydrogen-bond donors (Lipinski definition) is 2. The second-order valence-corrected chi connectivity index (χ2v) is 4.82. The molecule has 2 N–H and O–H groups in total. The minimum atomic E-state index is -4.37. The second-order valence-electron chi connectivity index (χ2n) is 4.82. The van der Waals surface area contributed by atoms with E-state index in [9.17, 15) is 23.1 Å². The van der Waals surface area contributed by atoms with Crippen molar-refractivity contribution >= 4 is 5.91 Å². The summed E-state index contributed by atoms with van der Waals surface area (Å²) in [5, 5.41) is 11.1. The molecule has 0 aromatic heterocycles. The Morgan fingerprint density at radius 2 is 1.79 bits per heavy atom. The van der Waals surface area contributed by atoms with Crippen LogP contribution in [0.25, 0.3) is 0 Å². The number of halogens is 3. The summed E-state index contributed by atoms with van der Waals surface area (Å²) in [6.07, 6.45) is -4.77. The maximum Gasteiger partial charge on any atom is 0.405 e. The number of carbonyl (C=O) groups excluding carboxylic acids is 1. The van der Waals surface area contributed by atoms with Gasteiger partial charge in [-0.1, -0.05) is 0 Å². The van der Waals surface area contributed by atoms with Gasteiger partial charge in [0.25, 0.3) is 0 Å². The molecule has 1 fully saturated rings. The smallest absolute Gasteiger partial charge is 0.392 e. The quantitative estimate of drug-likeness (QED) is 0.725. The third-order valence-corrected chi connectivity index (χ3v) is 2.84. The number of rotatable bonds is 5. The number of carbonyl (C=O) groups is 1. The lowest BCUT2D eigenvalue weighted by Crippen LogP contribution is -2.51. The molecule has 1 rings (SSSR count). The Balaban J connectivity index is 2.20. The van der Waals surface area contributed by atoms with Crippen molar-refractivity contribution in [2.45, 2.75) is 19.2 Å². The van der Waals surface area contributed by atoms with Crippen LogP contribution in [0.15, 0.2) is 0 Å². The van der Waals surface area contributed by atoms with Gasteiger partial charge >= 0.3 is 6.18 Å². The summed E-state index contributed by atoms with van der Waals surface area (Å²) < 4.78 is 35.7. The van der Waals surface area contributed by atoms with Crippen molar-refractivity contribution in [3.05, 3.63) is 0 Å². The Labute approximate surface area is 110 Å². The molecule has 8 heteroatoms. The molecule has 1 aliphatic rings. The first kappa shape index (κ1) is 16.2. The standard InChI is InChI=1S/C11H20F3N3O2/c1-9(18)6-16-2-4-17(5-3-16)7-10(19)15-8-11(12,13)14/h9,18H,2-8H2,1H3,(H,15,19)/t9-/m0/s1. The fourth-order valence-corrected chi connectivity index (χ4v) is 1.96. The fourth-order valence-electron chi connectivity index (χ4n) is 1.96. The normalized spacial score (nSPS) is 20.3. The third-order valence-electron chi connectivity index (χ3n) is 2.84. The molecule has 0 aliphatic carbocycles. The summed E-state index contributed by atoms with van der Waals surface area (Å²) in [5.74, 6) is -0.610. The highest BCUT2D eigenvalue weighted by molar-refractivity contribution is 5.78. The lowest BCUT2D eigenvalue weighted by atomic mass is 10.2. The third kappa shape index (κ3) is 7.34. The lowest BCUT2D eigenvalue weighted by Gasteiger charge is -2.34. The van der Waals surface area contributed by atoms with E-state index < -0.39 is 24.7 Å². The minimum absolute atomic E-state index is 0.0153. The molecule has 0 bridgehead atoms. The van der Waals surface area contributed by atoms with Crippen LogP contribution >= 0.6 is 0 Å². The molecule has 0 spiro atoms. The van der Waals surface area contributed by atoms with Gasteiger partial charge in [0, 0.05) is 32.7 Å². The summed E-state index contributed by atoms with van der Waals surface area (Å²) in [4.78, 5) is 15.2. The summed E-state index contributed by atoms with van der Waals surface area (Å²) in [6.45, 7) is 3.63. The predicted molar refractivity (Wildman–Crippen MR) is 63.6 cm³/mol. The van der Waals surface area contributed by atoms with Crippen LogP contribution in [0.4, 0.5) is 13.2 Å². The van der Waals surface area contributed by atoms with Crippen molar-refractivity contribution in [1.29, 1.82) is 0 Å². The molecule has 1 saturated heterocycles. The Morgan fingerprint density at radius 3 is 2.26 bits per heavy atom. The zero-order valence-electron chi connectivity index (χ0n) is 10.9.